The molecule has 0 spiro atoms. The van der Waals surface area contributed by atoms with Gasteiger partial charge in [0.25, 0.3) is 0 Å². The SMILES string of the molecule is CC(C)(C)C1CCc2cc(O)ccc2C1. The second-order valence-corrected chi connectivity index (χ2v) is 5.76. The Hall–Kier alpha value is -0.980. The van der Waals surface area contributed by atoms with E-state index in [1.165, 1.54) is 24.0 Å². The summed E-state index contributed by atoms with van der Waals surface area (Å²) in [6.07, 6.45) is 3.53. The summed E-state index contributed by atoms with van der Waals surface area (Å²) in [5.41, 5.74) is 3.17. The maximum atomic E-state index is 9.41. The largest absolute Gasteiger partial charge is 0.508 e. The predicted molar refractivity (Wildman–Crippen MR) is 63.1 cm³/mol. The smallest absolute Gasteiger partial charge is 0.115 e. The molecule has 0 aliphatic heterocycles. The fourth-order valence-corrected chi connectivity index (χ4v) is 2.48. The Kier molecular flexibility index (Phi) is 2.49. The molecular weight excluding hydrogens is 184 g/mol. The van der Waals surface area contributed by atoms with Crippen LogP contribution in [0.2, 0.25) is 0 Å². The summed E-state index contributed by atoms with van der Waals surface area (Å²) in [6, 6.07) is 5.82. The minimum atomic E-state index is 0.398. The van der Waals surface area contributed by atoms with Crippen LogP contribution in [0.15, 0.2) is 18.2 Å². The van der Waals surface area contributed by atoms with Crippen molar-refractivity contribution in [2.75, 3.05) is 0 Å². The van der Waals surface area contributed by atoms with Crippen molar-refractivity contribution in [2.45, 2.75) is 40.0 Å². The molecule has 1 aromatic rings. The molecular formula is C14H20O. The highest BCUT2D eigenvalue weighted by Gasteiger charge is 2.28. The number of aryl methyl sites for hydroxylation is 1. The lowest BCUT2D eigenvalue weighted by molar-refractivity contribution is 0.216. The molecule has 0 bridgehead atoms. The van der Waals surface area contributed by atoms with E-state index in [1.54, 1.807) is 0 Å². The van der Waals surface area contributed by atoms with Crippen LogP contribution in [0.3, 0.4) is 0 Å². The molecule has 0 amide bonds. The van der Waals surface area contributed by atoms with Crippen LogP contribution in [0, 0.1) is 11.3 Å². The average molecular weight is 204 g/mol. The normalized spacial score (nSPS) is 21.1. The number of hydrogen-bond acceptors (Lipinski definition) is 1. The number of phenolic OH excluding ortho intramolecular Hbond substituents is 1. The van der Waals surface area contributed by atoms with Crippen LogP contribution in [-0.2, 0) is 12.8 Å². The molecule has 1 aromatic carbocycles. The predicted octanol–water partition coefficient (Wildman–Crippen LogP) is 3.54. The van der Waals surface area contributed by atoms with Gasteiger partial charge in [0, 0.05) is 0 Å². The van der Waals surface area contributed by atoms with Crippen LogP contribution in [0.4, 0.5) is 0 Å². The van der Waals surface area contributed by atoms with Crippen LogP contribution < -0.4 is 0 Å². The van der Waals surface area contributed by atoms with Gasteiger partial charge in [-0.25, -0.2) is 0 Å². The van der Waals surface area contributed by atoms with Crippen molar-refractivity contribution in [1.29, 1.82) is 0 Å². The molecule has 1 aliphatic carbocycles. The van der Waals surface area contributed by atoms with E-state index in [9.17, 15) is 5.11 Å². The van der Waals surface area contributed by atoms with Crippen LogP contribution in [0.25, 0.3) is 0 Å². The second kappa shape index (κ2) is 3.55. The summed E-state index contributed by atoms with van der Waals surface area (Å²) in [5.74, 6) is 1.18. The van der Waals surface area contributed by atoms with E-state index in [0.29, 0.717) is 11.2 Å². The Labute approximate surface area is 92.1 Å². The van der Waals surface area contributed by atoms with Gasteiger partial charge in [0.15, 0.2) is 0 Å². The minimum Gasteiger partial charge on any atom is -0.508 e. The van der Waals surface area contributed by atoms with Crippen molar-refractivity contribution in [3.05, 3.63) is 29.3 Å². The van der Waals surface area contributed by atoms with E-state index < -0.39 is 0 Å². The van der Waals surface area contributed by atoms with Gasteiger partial charge in [-0.2, -0.15) is 0 Å². The minimum absolute atomic E-state index is 0.398. The molecule has 0 saturated heterocycles. The van der Waals surface area contributed by atoms with Gasteiger partial charge in [-0.3, -0.25) is 0 Å². The van der Waals surface area contributed by atoms with E-state index in [2.05, 4.69) is 26.8 Å². The van der Waals surface area contributed by atoms with Crippen molar-refractivity contribution < 1.29 is 5.11 Å². The van der Waals surface area contributed by atoms with Gasteiger partial charge in [-0.1, -0.05) is 26.8 Å². The van der Waals surface area contributed by atoms with E-state index in [4.69, 9.17) is 0 Å². The summed E-state index contributed by atoms with van der Waals surface area (Å²) in [7, 11) is 0. The van der Waals surface area contributed by atoms with Gasteiger partial charge in [-0.05, 0) is 53.9 Å². The highest BCUT2D eigenvalue weighted by molar-refractivity contribution is 5.36. The van der Waals surface area contributed by atoms with Crippen LogP contribution in [0.1, 0.15) is 38.3 Å². The molecule has 0 fully saturated rings. The third kappa shape index (κ3) is 2.17. The van der Waals surface area contributed by atoms with Gasteiger partial charge in [0.1, 0.15) is 5.75 Å². The maximum Gasteiger partial charge on any atom is 0.115 e. The van der Waals surface area contributed by atoms with Crippen molar-refractivity contribution >= 4 is 0 Å². The lowest BCUT2D eigenvalue weighted by atomic mass is 9.70. The van der Waals surface area contributed by atoms with Crippen molar-refractivity contribution in [3.63, 3.8) is 0 Å². The third-order valence-electron chi connectivity index (χ3n) is 3.64. The molecule has 1 heteroatoms. The van der Waals surface area contributed by atoms with E-state index in [-0.39, 0.29) is 0 Å². The Balaban J connectivity index is 2.24. The fourth-order valence-electron chi connectivity index (χ4n) is 2.48. The number of phenols is 1. The van der Waals surface area contributed by atoms with E-state index in [1.807, 2.05) is 12.1 Å². The fraction of sp³-hybridized carbons (Fsp3) is 0.571. The Bertz CT molecular complexity index is 360. The van der Waals surface area contributed by atoms with Gasteiger partial charge in [0.05, 0.1) is 0 Å². The van der Waals surface area contributed by atoms with Crippen LogP contribution >= 0.6 is 0 Å². The van der Waals surface area contributed by atoms with Crippen LogP contribution in [0.5, 0.6) is 5.75 Å². The summed E-state index contributed by atoms with van der Waals surface area (Å²) < 4.78 is 0. The molecule has 2 rings (SSSR count). The Morgan fingerprint density at radius 2 is 1.93 bits per heavy atom. The lowest BCUT2D eigenvalue weighted by Gasteiger charge is -2.35. The first-order chi connectivity index (χ1) is 6.97. The Morgan fingerprint density at radius 1 is 1.20 bits per heavy atom. The van der Waals surface area contributed by atoms with Crippen molar-refractivity contribution in [2.24, 2.45) is 11.3 Å². The summed E-state index contributed by atoms with van der Waals surface area (Å²) in [5, 5.41) is 9.41. The molecule has 1 nitrogen and oxygen atoms in total. The second-order valence-electron chi connectivity index (χ2n) is 5.76. The maximum absolute atomic E-state index is 9.41. The lowest BCUT2D eigenvalue weighted by Crippen LogP contribution is -2.26. The van der Waals surface area contributed by atoms with Gasteiger partial charge >= 0.3 is 0 Å². The molecule has 0 saturated carbocycles. The topological polar surface area (TPSA) is 20.2 Å². The molecule has 15 heavy (non-hydrogen) atoms. The molecule has 82 valence electrons. The number of hydrogen-bond donors (Lipinski definition) is 1. The number of fused-ring (bicyclic) bond motifs is 1. The zero-order valence-corrected chi connectivity index (χ0v) is 9.88. The quantitative estimate of drug-likeness (QED) is 0.685. The third-order valence-corrected chi connectivity index (χ3v) is 3.64. The van der Waals surface area contributed by atoms with E-state index in [0.717, 1.165) is 12.3 Å². The number of benzene rings is 1. The standard InChI is InChI=1S/C14H20O/c1-14(2,3)12-6-4-11-9-13(15)7-5-10(11)8-12/h5,7,9,12,15H,4,6,8H2,1-3H3. The van der Waals surface area contributed by atoms with Crippen molar-refractivity contribution in [3.8, 4) is 5.75 Å². The van der Waals surface area contributed by atoms with Gasteiger partial charge in [-0.15, -0.1) is 0 Å². The molecule has 0 radical (unpaired) electrons. The average Bonchev–Trinajstić information content (AvgIpc) is 2.15. The summed E-state index contributed by atoms with van der Waals surface area (Å²) in [4.78, 5) is 0. The number of aromatic hydroxyl groups is 1. The highest BCUT2D eigenvalue weighted by atomic mass is 16.3. The molecule has 1 aliphatic rings. The molecule has 0 heterocycles. The zero-order chi connectivity index (χ0) is 11.1. The summed E-state index contributed by atoms with van der Waals surface area (Å²) in [6.45, 7) is 6.97. The van der Waals surface area contributed by atoms with Gasteiger partial charge < -0.3 is 5.11 Å². The van der Waals surface area contributed by atoms with Gasteiger partial charge in [0.2, 0.25) is 0 Å². The summed E-state index contributed by atoms with van der Waals surface area (Å²) >= 11 is 0. The van der Waals surface area contributed by atoms with Crippen molar-refractivity contribution in [1.82, 2.24) is 0 Å². The Morgan fingerprint density at radius 3 is 2.60 bits per heavy atom. The first kappa shape index (κ1) is 10.5. The highest BCUT2D eigenvalue weighted by Crippen LogP contribution is 2.37. The monoisotopic (exact) mass is 204 g/mol. The first-order valence-electron chi connectivity index (χ1n) is 5.77. The zero-order valence-electron chi connectivity index (χ0n) is 9.88. The van der Waals surface area contributed by atoms with E-state index >= 15 is 0 Å². The molecule has 1 unspecified atom stereocenters. The molecule has 0 aromatic heterocycles. The number of rotatable bonds is 0. The van der Waals surface area contributed by atoms with Crippen LogP contribution in [-0.4, -0.2) is 5.11 Å². The molecule has 1 N–H and O–H groups in total. The first-order valence-corrected chi connectivity index (χ1v) is 5.77. The molecule has 1 atom stereocenters.